The highest BCUT2D eigenvalue weighted by Gasteiger charge is 2.21. The number of hydrogen-bond donors (Lipinski definition) is 1. The Morgan fingerprint density at radius 2 is 1.93 bits per heavy atom. The number of nitrogens with zero attached hydrogens (tertiary/aromatic N) is 2. The Labute approximate surface area is 93.3 Å². The molecular weight excluding hydrogens is 244 g/mol. The van der Waals surface area contributed by atoms with Gasteiger partial charge in [-0.05, 0) is 35.7 Å². The van der Waals surface area contributed by atoms with Crippen molar-refractivity contribution in [1.29, 1.82) is 0 Å². The Morgan fingerprint density at radius 3 is 2.36 bits per heavy atom. The maximum atomic E-state index is 10.0. The van der Waals surface area contributed by atoms with Crippen LogP contribution in [0.2, 0.25) is 0 Å². The molecule has 0 fully saturated rings. The van der Waals surface area contributed by atoms with Gasteiger partial charge < -0.3 is 5.11 Å². The molecule has 0 bridgehead atoms. The zero-order valence-corrected chi connectivity index (χ0v) is 10.6. The molecule has 1 aromatic rings. The first-order valence-electron chi connectivity index (χ1n) is 4.86. The fourth-order valence-corrected chi connectivity index (χ4v) is 1.86. The molecule has 3 nitrogen and oxygen atoms in total. The second kappa shape index (κ2) is 4.45. The normalized spacial score (nSPS) is 14.0. The van der Waals surface area contributed by atoms with E-state index in [1.54, 1.807) is 6.20 Å². The average molecular weight is 261 g/mol. The van der Waals surface area contributed by atoms with Gasteiger partial charge >= 0.3 is 0 Å². The van der Waals surface area contributed by atoms with Gasteiger partial charge in [-0.15, -0.1) is 0 Å². The van der Waals surface area contributed by atoms with E-state index >= 15 is 0 Å². The molecule has 1 heterocycles. The Balaban J connectivity index is 3.10. The standard InChI is InChI=1S/C10H17BrN2O/c1-6(2)10(14)9-8(11)5-12-13(9)7(3)4/h5-7,10,14H,1-4H3. The molecule has 0 aromatic carbocycles. The molecule has 80 valence electrons. The number of aliphatic hydroxyl groups excluding tert-OH is 1. The summed E-state index contributed by atoms with van der Waals surface area (Å²) in [5.74, 6) is 0.195. The lowest BCUT2D eigenvalue weighted by Crippen LogP contribution is -2.15. The Morgan fingerprint density at radius 1 is 1.36 bits per heavy atom. The first-order chi connectivity index (χ1) is 6.45. The van der Waals surface area contributed by atoms with E-state index in [-0.39, 0.29) is 12.0 Å². The molecule has 0 radical (unpaired) electrons. The van der Waals surface area contributed by atoms with Crippen LogP contribution in [0, 0.1) is 5.92 Å². The highest BCUT2D eigenvalue weighted by atomic mass is 79.9. The molecule has 0 amide bonds. The number of halogens is 1. The summed E-state index contributed by atoms with van der Waals surface area (Å²) in [5.41, 5.74) is 0.870. The topological polar surface area (TPSA) is 38.1 Å². The Bertz CT molecular complexity index is 307. The van der Waals surface area contributed by atoms with Crippen LogP contribution in [-0.2, 0) is 0 Å². The van der Waals surface area contributed by atoms with Gasteiger partial charge in [0.25, 0.3) is 0 Å². The minimum absolute atomic E-state index is 0.195. The zero-order valence-electron chi connectivity index (χ0n) is 9.03. The number of rotatable bonds is 3. The zero-order chi connectivity index (χ0) is 10.9. The van der Waals surface area contributed by atoms with Gasteiger partial charge in [0.1, 0.15) is 0 Å². The van der Waals surface area contributed by atoms with E-state index in [0.29, 0.717) is 0 Å². The lowest BCUT2D eigenvalue weighted by molar-refractivity contribution is 0.114. The fourth-order valence-electron chi connectivity index (χ4n) is 1.35. The van der Waals surface area contributed by atoms with Gasteiger partial charge in [-0.2, -0.15) is 5.10 Å². The molecule has 1 aromatic heterocycles. The van der Waals surface area contributed by atoms with E-state index in [4.69, 9.17) is 0 Å². The molecule has 14 heavy (non-hydrogen) atoms. The summed E-state index contributed by atoms with van der Waals surface area (Å²) in [5, 5.41) is 14.2. The van der Waals surface area contributed by atoms with Gasteiger partial charge in [0.2, 0.25) is 0 Å². The Hall–Kier alpha value is -0.350. The van der Waals surface area contributed by atoms with Crippen LogP contribution in [-0.4, -0.2) is 14.9 Å². The minimum Gasteiger partial charge on any atom is -0.387 e. The molecule has 0 spiro atoms. The van der Waals surface area contributed by atoms with Crippen LogP contribution in [0.25, 0.3) is 0 Å². The van der Waals surface area contributed by atoms with Crippen LogP contribution in [0.5, 0.6) is 0 Å². The van der Waals surface area contributed by atoms with Crippen molar-refractivity contribution in [3.8, 4) is 0 Å². The molecule has 1 N–H and O–H groups in total. The van der Waals surface area contributed by atoms with Crippen LogP contribution in [0.3, 0.4) is 0 Å². The van der Waals surface area contributed by atoms with Crippen LogP contribution < -0.4 is 0 Å². The fraction of sp³-hybridized carbons (Fsp3) is 0.700. The quantitative estimate of drug-likeness (QED) is 0.908. The van der Waals surface area contributed by atoms with E-state index in [1.165, 1.54) is 0 Å². The van der Waals surface area contributed by atoms with Gasteiger partial charge in [0.05, 0.1) is 22.5 Å². The Kier molecular flexibility index (Phi) is 3.72. The summed E-state index contributed by atoms with van der Waals surface area (Å²) in [4.78, 5) is 0. The van der Waals surface area contributed by atoms with E-state index in [2.05, 4.69) is 34.9 Å². The summed E-state index contributed by atoms with van der Waals surface area (Å²) in [7, 11) is 0. The van der Waals surface area contributed by atoms with E-state index in [9.17, 15) is 5.11 Å². The third kappa shape index (κ3) is 2.17. The van der Waals surface area contributed by atoms with Gasteiger partial charge in [-0.1, -0.05) is 13.8 Å². The van der Waals surface area contributed by atoms with Crippen LogP contribution in [0.15, 0.2) is 10.7 Å². The van der Waals surface area contributed by atoms with Crippen LogP contribution in [0.1, 0.15) is 45.5 Å². The monoisotopic (exact) mass is 260 g/mol. The molecule has 1 unspecified atom stereocenters. The predicted octanol–water partition coefficient (Wildman–Crippen LogP) is 2.92. The molecular formula is C10H17BrN2O. The van der Waals surface area contributed by atoms with Crippen molar-refractivity contribution in [1.82, 2.24) is 9.78 Å². The molecule has 0 saturated heterocycles. The van der Waals surface area contributed by atoms with Crippen molar-refractivity contribution in [3.05, 3.63) is 16.4 Å². The van der Waals surface area contributed by atoms with Crippen molar-refractivity contribution in [2.24, 2.45) is 5.92 Å². The maximum absolute atomic E-state index is 10.0. The highest BCUT2D eigenvalue weighted by Crippen LogP contribution is 2.29. The molecule has 0 aliphatic carbocycles. The van der Waals surface area contributed by atoms with Crippen molar-refractivity contribution in [2.45, 2.75) is 39.8 Å². The number of aromatic nitrogens is 2. The first kappa shape index (κ1) is 11.7. The predicted molar refractivity (Wildman–Crippen MR) is 60.1 cm³/mol. The summed E-state index contributed by atoms with van der Waals surface area (Å²) in [6.07, 6.45) is 1.27. The van der Waals surface area contributed by atoms with Crippen molar-refractivity contribution in [3.63, 3.8) is 0 Å². The average Bonchev–Trinajstić information content (AvgIpc) is 2.45. The smallest absolute Gasteiger partial charge is 0.0991 e. The first-order valence-corrected chi connectivity index (χ1v) is 5.65. The molecule has 0 aliphatic heterocycles. The summed E-state index contributed by atoms with van der Waals surface area (Å²) < 4.78 is 2.74. The van der Waals surface area contributed by atoms with E-state index in [0.717, 1.165) is 10.2 Å². The summed E-state index contributed by atoms with van der Waals surface area (Å²) >= 11 is 3.41. The third-order valence-electron chi connectivity index (χ3n) is 2.19. The van der Waals surface area contributed by atoms with Crippen LogP contribution >= 0.6 is 15.9 Å². The second-order valence-electron chi connectivity index (χ2n) is 4.10. The SMILES string of the molecule is CC(C)C(O)c1c(Br)cnn1C(C)C. The van der Waals surface area contributed by atoms with Crippen molar-refractivity contribution >= 4 is 15.9 Å². The molecule has 0 saturated carbocycles. The minimum atomic E-state index is -0.464. The van der Waals surface area contributed by atoms with Gasteiger partial charge in [0.15, 0.2) is 0 Å². The highest BCUT2D eigenvalue weighted by molar-refractivity contribution is 9.10. The summed E-state index contributed by atoms with van der Waals surface area (Å²) in [6.45, 7) is 8.09. The van der Waals surface area contributed by atoms with Gasteiger partial charge in [0, 0.05) is 6.04 Å². The molecule has 1 atom stereocenters. The van der Waals surface area contributed by atoms with E-state index in [1.807, 2.05) is 18.5 Å². The van der Waals surface area contributed by atoms with Gasteiger partial charge in [-0.25, -0.2) is 0 Å². The molecule has 4 heteroatoms. The van der Waals surface area contributed by atoms with Crippen LogP contribution in [0.4, 0.5) is 0 Å². The van der Waals surface area contributed by atoms with Crippen molar-refractivity contribution in [2.75, 3.05) is 0 Å². The summed E-state index contributed by atoms with van der Waals surface area (Å²) in [6, 6.07) is 0.268. The largest absolute Gasteiger partial charge is 0.387 e. The number of aliphatic hydroxyl groups is 1. The molecule has 0 aliphatic rings. The lowest BCUT2D eigenvalue weighted by atomic mass is 10.0. The number of hydrogen-bond acceptors (Lipinski definition) is 2. The maximum Gasteiger partial charge on any atom is 0.0991 e. The van der Waals surface area contributed by atoms with E-state index < -0.39 is 6.10 Å². The third-order valence-corrected chi connectivity index (χ3v) is 2.80. The van der Waals surface area contributed by atoms with Crippen molar-refractivity contribution < 1.29 is 5.11 Å². The lowest BCUT2D eigenvalue weighted by Gasteiger charge is -2.19. The molecule has 1 rings (SSSR count). The van der Waals surface area contributed by atoms with Gasteiger partial charge in [-0.3, -0.25) is 4.68 Å². The second-order valence-corrected chi connectivity index (χ2v) is 4.96.